The molecule has 2 heterocycles. The Morgan fingerprint density at radius 2 is 2.19 bits per heavy atom. The summed E-state index contributed by atoms with van der Waals surface area (Å²) >= 11 is 0. The van der Waals surface area contributed by atoms with Crippen LogP contribution in [0.1, 0.15) is 48.2 Å². The van der Waals surface area contributed by atoms with Crippen molar-refractivity contribution in [3.63, 3.8) is 0 Å². The molecule has 0 aliphatic carbocycles. The normalized spacial score (nSPS) is 18.8. The Balaban J connectivity index is 1.67. The second-order valence-corrected chi connectivity index (χ2v) is 5.81. The van der Waals surface area contributed by atoms with E-state index in [1.54, 1.807) is 0 Å². The number of rotatable bonds is 4. The number of fused-ring (bicyclic) bond motifs is 1. The van der Waals surface area contributed by atoms with Crippen molar-refractivity contribution in [1.82, 2.24) is 4.98 Å². The summed E-state index contributed by atoms with van der Waals surface area (Å²) in [5.41, 5.74) is 2.72. The van der Waals surface area contributed by atoms with Gasteiger partial charge in [-0.2, -0.15) is 0 Å². The number of ketones is 1. The first kappa shape index (κ1) is 14.2. The van der Waals surface area contributed by atoms with Crippen LogP contribution in [0.15, 0.2) is 30.3 Å². The van der Waals surface area contributed by atoms with Crippen LogP contribution < -0.4 is 0 Å². The number of benzene rings is 1. The molecule has 0 amide bonds. The van der Waals surface area contributed by atoms with Crippen LogP contribution in [0.3, 0.4) is 0 Å². The lowest BCUT2D eigenvalue weighted by atomic mass is 9.99. The minimum Gasteiger partial charge on any atom is -0.378 e. The maximum Gasteiger partial charge on any atom is 0.162 e. The van der Waals surface area contributed by atoms with Gasteiger partial charge in [0.15, 0.2) is 5.78 Å². The van der Waals surface area contributed by atoms with Gasteiger partial charge < -0.3 is 4.74 Å². The molecule has 0 bridgehead atoms. The standard InChI is InChI=1S/C18H21NO2/c1-13-5-6-14-12-15(7-9-17(14)19-13)18(20)10-8-16-4-2-3-11-21-16/h5-7,9,12,16H,2-4,8,10-11H2,1H3. The summed E-state index contributed by atoms with van der Waals surface area (Å²) < 4.78 is 5.69. The highest BCUT2D eigenvalue weighted by Gasteiger charge is 2.16. The third-order valence-electron chi connectivity index (χ3n) is 4.12. The van der Waals surface area contributed by atoms with Crippen LogP contribution in [0.5, 0.6) is 0 Å². The summed E-state index contributed by atoms with van der Waals surface area (Å²) in [4.78, 5) is 16.8. The number of carbonyl (C=O) groups excluding carboxylic acids is 1. The fraction of sp³-hybridized carbons (Fsp3) is 0.444. The molecule has 1 saturated heterocycles. The van der Waals surface area contributed by atoms with Crippen molar-refractivity contribution >= 4 is 16.7 Å². The van der Waals surface area contributed by atoms with Crippen LogP contribution >= 0.6 is 0 Å². The molecule has 1 aliphatic heterocycles. The van der Waals surface area contributed by atoms with E-state index in [1.165, 1.54) is 6.42 Å². The van der Waals surface area contributed by atoms with E-state index in [-0.39, 0.29) is 11.9 Å². The molecule has 21 heavy (non-hydrogen) atoms. The molecule has 0 spiro atoms. The molecule has 1 fully saturated rings. The largest absolute Gasteiger partial charge is 0.378 e. The number of hydrogen-bond donors (Lipinski definition) is 0. The Morgan fingerprint density at radius 1 is 1.29 bits per heavy atom. The van der Waals surface area contributed by atoms with Crippen molar-refractivity contribution in [3.05, 3.63) is 41.6 Å². The van der Waals surface area contributed by atoms with E-state index < -0.39 is 0 Å². The molecule has 0 saturated carbocycles. The van der Waals surface area contributed by atoms with Crippen LogP contribution in [0.25, 0.3) is 10.9 Å². The summed E-state index contributed by atoms with van der Waals surface area (Å²) in [7, 11) is 0. The van der Waals surface area contributed by atoms with Gasteiger partial charge in [0, 0.05) is 29.7 Å². The molecule has 1 unspecified atom stereocenters. The fourth-order valence-electron chi connectivity index (χ4n) is 2.87. The minimum absolute atomic E-state index is 0.201. The topological polar surface area (TPSA) is 39.2 Å². The van der Waals surface area contributed by atoms with Crippen molar-refractivity contribution < 1.29 is 9.53 Å². The lowest BCUT2D eigenvalue weighted by Gasteiger charge is -2.22. The van der Waals surface area contributed by atoms with E-state index in [2.05, 4.69) is 4.98 Å². The van der Waals surface area contributed by atoms with E-state index in [9.17, 15) is 4.79 Å². The molecule has 1 aliphatic rings. The molecule has 3 heteroatoms. The Hall–Kier alpha value is -1.74. The number of nitrogens with zero attached hydrogens (tertiary/aromatic N) is 1. The van der Waals surface area contributed by atoms with Crippen molar-refractivity contribution in [2.75, 3.05) is 6.61 Å². The van der Waals surface area contributed by atoms with Gasteiger partial charge >= 0.3 is 0 Å². The minimum atomic E-state index is 0.201. The molecular formula is C18H21NO2. The van der Waals surface area contributed by atoms with E-state index in [0.717, 1.165) is 48.0 Å². The highest BCUT2D eigenvalue weighted by Crippen LogP contribution is 2.20. The molecule has 3 rings (SSSR count). The van der Waals surface area contributed by atoms with Crippen LogP contribution in [-0.4, -0.2) is 23.5 Å². The monoisotopic (exact) mass is 283 g/mol. The van der Waals surface area contributed by atoms with Gasteiger partial charge in [-0.05, 0) is 56.9 Å². The first-order valence-electron chi connectivity index (χ1n) is 7.74. The molecule has 0 radical (unpaired) electrons. The highest BCUT2D eigenvalue weighted by atomic mass is 16.5. The molecule has 1 aromatic heterocycles. The molecular weight excluding hydrogens is 262 g/mol. The number of carbonyl (C=O) groups is 1. The van der Waals surface area contributed by atoms with Gasteiger partial charge in [-0.15, -0.1) is 0 Å². The number of ether oxygens (including phenoxy) is 1. The number of hydrogen-bond acceptors (Lipinski definition) is 3. The van der Waals surface area contributed by atoms with Gasteiger partial charge in [-0.3, -0.25) is 9.78 Å². The SMILES string of the molecule is Cc1ccc2cc(C(=O)CCC3CCCCO3)ccc2n1. The summed E-state index contributed by atoms with van der Waals surface area (Å²) in [5.74, 6) is 0.201. The Labute approximate surface area is 125 Å². The van der Waals surface area contributed by atoms with E-state index >= 15 is 0 Å². The lowest BCUT2D eigenvalue weighted by molar-refractivity contribution is 0.0104. The van der Waals surface area contributed by atoms with Crippen molar-refractivity contribution in [2.24, 2.45) is 0 Å². The van der Waals surface area contributed by atoms with Crippen LogP contribution in [-0.2, 0) is 4.74 Å². The number of aromatic nitrogens is 1. The Morgan fingerprint density at radius 3 is 3.00 bits per heavy atom. The van der Waals surface area contributed by atoms with Crippen LogP contribution in [0.2, 0.25) is 0 Å². The molecule has 1 aromatic carbocycles. The van der Waals surface area contributed by atoms with E-state index in [1.807, 2.05) is 37.3 Å². The van der Waals surface area contributed by atoms with Gasteiger partial charge in [0.1, 0.15) is 0 Å². The zero-order chi connectivity index (χ0) is 14.7. The number of aryl methyl sites for hydroxylation is 1. The summed E-state index contributed by atoms with van der Waals surface area (Å²) in [5, 5.41) is 1.03. The molecule has 1 atom stereocenters. The van der Waals surface area contributed by atoms with Crippen molar-refractivity contribution in [2.45, 2.75) is 45.1 Å². The van der Waals surface area contributed by atoms with Crippen LogP contribution in [0.4, 0.5) is 0 Å². The molecule has 2 aromatic rings. The quantitative estimate of drug-likeness (QED) is 0.794. The first-order valence-corrected chi connectivity index (χ1v) is 7.74. The second kappa shape index (κ2) is 6.35. The second-order valence-electron chi connectivity index (χ2n) is 5.81. The maximum absolute atomic E-state index is 12.3. The predicted octanol–water partition coefficient (Wildman–Crippen LogP) is 4.08. The third-order valence-corrected chi connectivity index (χ3v) is 4.12. The average Bonchev–Trinajstić information content (AvgIpc) is 2.53. The maximum atomic E-state index is 12.3. The van der Waals surface area contributed by atoms with E-state index in [4.69, 9.17) is 4.74 Å². The van der Waals surface area contributed by atoms with Crippen LogP contribution in [0, 0.1) is 6.92 Å². The first-order chi connectivity index (χ1) is 10.2. The zero-order valence-corrected chi connectivity index (χ0v) is 12.5. The summed E-state index contributed by atoms with van der Waals surface area (Å²) in [6.45, 7) is 2.82. The van der Waals surface area contributed by atoms with Gasteiger partial charge in [-0.1, -0.05) is 6.07 Å². The molecule has 110 valence electrons. The van der Waals surface area contributed by atoms with Crippen molar-refractivity contribution in [3.8, 4) is 0 Å². The van der Waals surface area contributed by atoms with Gasteiger partial charge in [-0.25, -0.2) is 0 Å². The zero-order valence-electron chi connectivity index (χ0n) is 12.5. The fourth-order valence-corrected chi connectivity index (χ4v) is 2.87. The molecule has 0 N–H and O–H groups in total. The number of pyridine rings is 1. The average molecular weight is 283 g/mol. The van der Waals surface area contributed by atoms with Gasteiger partial charge in [0.05, 0.1) is 11.6 Å². The smallest absolute Gasteiger partial charge is 0.162 e. The summed E-state index contributed by atoms with van der Waals surface area (Å²) in [6.07, 6.45) is 5.14. The highest BCUT2D eigenvalue weighted by molar-refractivity contribution is 5.99. The number of Topliss-reactive ketones (excluding diaryl/α,β-unsaturated/α-hetero) is 1. The lowest BCUT2D eigenvalue weighted by Crippen LogP contribution is -2.20. The van der Waals surface area contributed by atoms with Gasteiger partial charge in [0.25, 0.3) is 0 Å². The Kier molecular flexibility index (Phi) is 4.30. The predicted molar refractivity (Wildman–Crippen MR) is 83.6 cm³/mol. The third kappa shape index (κ3) is 3.48. The van der Waals surface area contributed by atoms with E-state index in [0.29, 0.717) is 6.42 Å². The summed E-state index contributed by atoms with van der Waals surface area (Å²) in [6, 6.07) is 9.78. The van der Waals surface area contributed by atoms with Crippen molar-refractivity contribution in [1.29, 1.82) is 0 Å². The Bertz CT molecular complexity index is 645. The van der Waals surface area contributed by atoms with Gasteiger partial charge in [0.2, 0.25) is 0 Å². The molecule has 3 nitrogen and oxygen atoms in total.